The third-order valence-corrected chi connectivity index (χ3v) is 6.95. The second-order valence-electron chi connectivity index (χ2n) is 7.72. The topological polar surface area (TPSA) is 29.5 Å². The summed E-state index contributed by atoms with van der Waals surface area (Å²) in [5, 5.41) is 0.772. The van der Waals surface area contributed by atoms with Gasteiger partial charge in [-0.15, -0.1) is 0 Å². The van der Waals surface area contributed by atoms with Crippen molar-refractivity contribution in [2.45, 2.75) is 37.3 Å². The smallest absolute Gasteiger partial charge is 0.142 e. The van der Waals surface area contributed by atoms with Crippen molar-refractivity contribution in [3.63, 3.8) is 0 Å². The third kappa shape index (κ3) is 2.13. The van der Waals surface area contributed by atoms with E-state index in [4.69, 9.17) is 16.3 Å². The Morgan fingerprint density at radius 2 is 1.87 bits per heavy atom. The Kier molecular flexibility index (Phi) is 3.33. The maximum atomic E-state index is 13.3. The van der Waals surface area contributed by atoms with Crippen molar-refractivity contribution in [3.05, 3.63) is 34.9 Å². The van der Waals surface area contributed by atoms with Gasteiger partial charge in [0.1, 0.15) is 5.78 Å². The van der Waals surface area contributed by atoms with Crippen LogP contribution in [0.15, 0.2) is 24.3 Å². The molecule has 122 valence electrons. The van der Waals surface area contributed by atoms with Crippen molar-refractivity contribution < 1.29 is 9.53 Å². The first-order valence-electron chi connectivity index (χ1n) is 8.85. The lowest BCUT2D eigenvalue weighted by Gasteiger charge is -2.52. The highest BCUT2D eigenvalue weighted by molar-refractivity contribution is 6.30. The number of carbonyl (C=O) groups excluding carboxylic acids is 1. The second kappa shape index (κ2) is 5.30. The van der Waals surface area contributed by atoms with E-state index in [0.717, 1.165) is 31.2 Å². The van der Waals surface area contributed by atoms with Crippen molar-refractivity contribution in [1.82, 2.24) is 4.90 Å². The van der Waals surface area contributed by atoms with Crippen LogP contribution in [0.4, 0.5) is 0 Å². The van der Waals surface area contributed by atoms with E-state index in [9.17, 15) is 4.79 Å². The fraction of sp³-hybridized carbons (Fsp3) is 0.632. The molecule has 0 spiro atoms. The van der Waals surface area contributed by atoms with Crippen LogP contribution in [0.1, 0.15) is 30.7 Å². The van der Waals surface area contributed by atoms with Crippen LogP contribution in [0.3, 0.4) is 0 Å². The van der Waals surface area contributed by atoms with E-state index < -0.39 is 0 Å². The van der Waals surface area contributed by atoms with Crippen molar-refractivity contribution in [1.29, 1.82) is 0 Å². The van der Waals surface area contributed by atoms with E-state index in [1.54, 1.807) is 0 Å². The van der Waals surface area contributed by atoms with Crippen LogP contribution in [-0.4, -0.2) is 42.5 Å². The molecule has 1 aromatic carbocycles. The van der Waals surface area contributed by atoms with Gasteiger partial charge in [0, 0.05) is 41.4 Å². The first kappa shape index (κ1) is 14.4. The largest absolute Gasteiger partial charge is 0.381 e. The van der Waals surface area contributed by atoms with Gasteiger partial charge in [-0.1, -0.05) is 23.7 Å². The standard InChI is InChI=1S/C19H22ClNO2/c20-13-3-1-11(2-4-13)15-7-14-5-6-17-18(15)19(22)16(8-21(14)17)12-9-23-10-12/h1-4,12,14-18H,5-10H2/t14?,15-,16?,17?,18?/m1/s1. The number of halogens is 1. The molecule has 4 saturated heterocycles. The van der Waals surface area contributed by atoms with Crippen LogP contribution in [0.2, 0.25) is 5.02 Å². The van der Waals surface area contributed by atoms with Crippen LogP contribution in [0, 0.1) is 17.8 Å². The van der Waals surface area contributed by atoms with E-state index >= 15 is 0 Å². The Labute approximate surface area is 141 Å². The minimum absolute atomic E-state index is 0.175. The number of piperidine rings is 2. The fourth-order valence-corrected chi connectivity index (χ4v) is 5.60. The van der Waals surface area contributed by atoms with Gasteiger partial charge in [-0.2, -0.15) is 0 Å². The van der Waals surface area contributed by atoms with Crippen LogP contribution in [-0.2, 0) is 9.53 Å². The maximum absolute atomic E-state index is 13.3. The Balaban J connectivity index is 1.51. The Hall–Kier alpha value is -0.900. The summed E-state index contributed by atoms with van der Waals surface area (Å²) in [6.07, 6.45) is 3.58. The highest BCUT2D eigenvalue weighted by Crippen LogP contribution is 2.52. The first-order chi connectivity index (χ1) is 11.2. The summed E-state index contributed by atoms with van der Waals surface area (Å²) in [6.45, 7) is 2.53. The number of hydrogen-bond donors (Lipinski definition) is 0. The molecule has 0 amide bonds. The number of benzene rings is 1. The minimum Gasteiger partial charge on any atom is -0.381 e. The van der Waals surface area contributed by atoms with Crippen molar-refractivity contribution in [3.8, 4) is 0 Å². The van der Waals surface area contributed by atoms with Gasteiger partial charge in [-0.3, -0.25) is 9.69 Å². The molecular formula is C19H22ClNO2. The fourth-order valence-electron chi connectivity index (χ4n) is 5.47. The van der Waals surface area contributed by atoms with E-state index in [-0.39, 0.29) is 11.8 Å². The van der Waals surface area contributed by atoms with E-state index in [2.05, 4.69) is 17.0 Å². The van der Waals surface area contributed by atoms with Crippen LogP contribution >= 0.6 is 11.6 Å². The summed E-state index contributed by atoms with van der Waals surface area (Å²) in [5.41, 5.74) is 1.30. The highest BCUT2D eigenvalue weighted by atomic mass is 35.5. The molecule has 0 saturated carbocycles. The van der Waals surface area contributed by atoms with E-state index in [0.29, 0.717) is 29.7 Å². The average molecular weight is 332 g/mol. The summed E-state index contributed by atoms with van der Waals surface area (Å²) in [6, 6.07) is 9.33. The molecule has 5 unspecified atom stereocenters. The van der Waals surface area contributed by atoms with Crippen molar-refractivity contribution in [2.24, 2.45) is 17.8 Å². The molecule has 23 heavy (non-hydrogen) atoms. The minimum atomic E-state index is 0.175. The number of Topliss-reactive ketones (excluding diaryl/α,β-unsaturated/α-hetero) is 1. The molecule has 4 fully saturated rings. The van der Waals surface area contributed by atoms with Crippen LogP contribution in [0.25, 0.3) is 0 Å². The van der Waals surface area contributed by atoms with Gasteiger partial charge >= 0.3 is 0 Å². The molecule has 5 rings (SSSR count). The predicted octanol–water partition coefficient (Wildman–Crippen LogP) is 3.12. The summed E-state index contributed by atoms with van der Waals surface area (Å²) < 4.78 is 5.37. The quantitative estimate of drug-likeness (QED) is 0.834. The molecule has 6 atom stereocenters. The molecule has 0 N–H and O–H groups in total. The molecule has 4 heteroatoms. The average Bonchev–Trinajstić information content (AvgIpc) is 2.77. The Bertz CT molecular complexity index is 627. The van der Waals surface area contributed by atoms with Gasteiger partial charge in [0.2, 0.25) is 0 Å². The molecule has 4 heterocycles. The van der Waals surface area contributed by atoms with Crippen LogP contribution < -0.4 is 0 Å². The lowest BCUT2D eigenvalue weighted by atomic mass is 9.66. The molecular weight excluding hydrogens is 310 g/mol. The van der Waals surface area contributed by atoms with Gasteiger partial charge in [0.15, 0.2) is 0 Å². The van der Waals surface area contributed by atoms with Gasteiger partial charge in [0.05, 0.1) is 13.2 Å². The Morgan fingerprint density at radius 3 is 2.57 bits per heavy atom. The summed E-state index contributed by atoms with van der Waals surface area (Å²) in [5.74, 6) is 1.71. The van der Waals surface area contributed by atoms with E-state index in [1.165, 1.54) is 18.4 Å². The number of ether oxygens (including phenoxy) is 1. The van der Waals surface area contributed by atoms with Crippen molar-refractivity contribution in [2.75, 3.05) is 19.8 Å². The molecule has 4 aliphatic heterocycles. The molecule has 1 aromatic rings. The molecule has 0 aliphatic carbocycles. The number of nitrogens with zero attached hydrogens (tertiary/aromatic N) is 1. The van der Waals surface area contributed by atoms with Crippen molar-refractivity contribution >= 4 is 17.4 Å². The van der Waals surface area contributed by atoms with Gasteiger partial charge in [-0.05, 0) is 42.9 Å². The number of ketones is 1. The lowest BCUT2D eigenvalue weighted by molar-refractivity contribution is -0.152. The number of hydrogen-bond acceptors (Lipinski definition) is 3. The maximum Gasteiger partial charge on any atom is 0.142 e. The lowest BCUT2D eigenvalue weighted by Crippen LogP contribution is -2.61. The monoisotopic (exact) mass is 331 g/mol. The van der Waals surface area contributed by atoms with Gasteiger partial charge in [-0.25, -0.2) is 0 Å². The zero-order valence-electron chi connectivity index (χ0n) is 13.2. The van der Waals surface area contributed by atoms with Crippen LogP contribution in [0.5, 0.6) is 0 Å². The summed E-state index contributed by atoms with van der Waals surface area (Å²) >= 11 is 6.06. The van der Waals surface area contributed by atoms with Gasteiger partial charge in [0.25, 0.3) is 0 Å². The van der Waals surface area contributed by atoms with E-state index in [1.807, 2.05) is 12.1 Å². The predicted molar refractivity (Wildman–Crippen MR) is 88.6 cm³/mol. The Morgan fingerprint density at radius 1 is 1.09 bits per heavy atom. The zero-order valence-corrected chi connectivity index (χ0v) is 13.9. The molecule has 3 nitrogen and oxygen atoms in total. The molecule has 4 aliphatic rings. The summed E-state index contributed by atoms with van der Waals surface area (Å²) in [4.78, 5) is 16.0. The van der Waals surface area contributed by atoms with Gasteiger partial charge < -0.3 is 4.74 Å². The zero-order chi connectivity index (χ0) is 15.6. The normalized spacial score (nSPS) is 42.6. The molecule has 0 radical (unpaired) electrons. The molecule has 4 bridgehead atoms. The highest BCUT2D eigenvalue weighted by Gasteiger charge is 2.56. The second-order valence-corrected chi connectivity index (χ2v) is 8.16. The number of rotatable bonds is 2. The SMILES string of the molecule is O=C1C(C2COC2)CN2C3CCC2C1[C@@H](c1ccc(Cl)cc1)C3. The molecule has 0 aromatic heterocycles. The third-order valence-electron chi connectivity index (χ3n) is 6.70. The first-order valence-corrected chi connectivity index (χ1v) is 9.23. The number of carbonyl (C=O) groups is 1. The summed E-state index contributed by atoms with van der Waals surface area (Å²) in [7, 11) is 0.